The van der Waals surface area contributed by atoms with Gasteiger partial charge in [-0.1, -0.05) is 13.8 Å². The molecule has 1 saturated carbocycles. The monoisotopic (exact) mass is 350 g/mol. The maximum absolute atomic E-state index is 11.7. The van der Waals surface area contributed by atoms with Crippen molar-refractivity contribution in [3.05, 3.63) is 0 Å². The summed E-state index contributed by atoms with van der Waals surface area (Å²) in [6.07, 6.45) is 3.95. The van der Waals surface area contributed by atoms with Crippen molar-refractivity contribution in [3.8, 4) is 0 Å². The summed E-state index contributed by atoms with van der Waals surface area (Å²) in [7, 11) is 2.22. The Morgan fingerprint density at radius 2 is 1.60 bits per heavy atom. The number of hydrogen-bond acceptors (Lipinski definition) is 4. The minimum atomic E-state index is 0.108. The fourth-order valence-corrected chi connectivity index (χ4v) is 4.91. The van der Waals surface area contributed by atoms with E-state index in [9.17, 15) is 4.79 Å². The van der Waals surface area contributed by atoms with Gasteiger partial charge in [0, 0.05) is 51.7 Å². The van der Waals surface area contributed by atoms with Crippen LogP contribution in [0.4, 0.5) is 0 Å². The van der Waals surface area contributed by atoms with Crippen LogP contribution in [-0.2, 0) is 4.79 Å². The molecule has 3 rings (SSSR count). The zero-order chi connectivity index (χ0) is 17.8. The van der Waals surface area contributed by atoms with Crippen LogP contribution in [0.5, 0.6) is 0 Å². The van der Waals surface area contributed by atoms with Crippen LogP contribution in [0, 0.1) is 23.7 Å². The summed E-state index contributed by atoms with van der Waals surface area (Å²) in [5, 5.41) is 3.14. The van der Waals surface area contributed by atoms with Crippen LogP contribution in [0.25, 0.3) is 0 Å². The van der Waals surface area contributed by atoms with E-state index >= 15 is 0 Å². The summed E-state index contributed by atoms with van der Waals surface area (Å²) in [6, 6.07) is 0. The molecule has 2 atom stereocenters. The molecular weight excluding hydrogens is 312 g/mol. The first-order chi connectivity index (χ1) is 12.0. The summed E-state index contributed by atoms with van der Waals surface area (Å²) in [5.41, 5.74) is 0. The second-order valence-electron chi connectivity index (χ2n) is 9.02. The van der Waals surface area contributed by atoms with Crippen LogP contribution in [0.1, 0.15) is 33.1 Å². The van der Waals surface area contributed by atoms with E-state index in [0.29, 0.717) is 5.92 Å². The van der Waals surface area contributed by atoms with Gasteiger partial charge in [0.15, 0.2) is 0 Å². The largest absolute Gasteiger partial charge is 0.356 e. The second kappa shape index (κ2) is 8.83. The number of piperazine rings is 1. The second-order valence-corrected chi connectivity index (χ2v) is 9.02. The molecular formula is C20H38N4O. The van der Waals surface area contributed by atoms with Gasteiger partial charge >= 0.3 is 0 Å². The van der Waals surface area contributed by atoms with E-state index in [0.717, 1.165) is 18.4 Å². The third-order valence-corrected chi connectivity index (χ3v) is 6.56. The first-order valence-electron chi connectivity index (χ1n) is 10.4. The van der Waals surface area contributed by atoms with Crippen LogP contribution in [0.15, 0.2) is 0 Å². The van der Waals surface area contributed by atoms with Gasteiger partial charge in [0.1, 0.15) is 0 Å². The van der Waals surface area contributed by atoms with E-state index in [1.165, 1.54) is 71.6 Å². The molecule has 2 heterocycles. The van der Waals surface area contributed by atoms with Crippen molar-refractivity contribution >= 4 is 5.91 Å². The van der Waals surface area contributed by atoms with Crippen molar-refractivity contribution in [3.63, 3.8) is 0 Å². The van der Waals surface area contributed by atoms with Crippen molar-refractivity contribution < 1.29 is 4.79 Å². The molecule has 0 aromatic rings. The normalized spacial score (nSPS) is 31.6. The molecule has 3 aliphatic rings. The molecule has 1 aliphatic carbocycles. The summed E-state index contributed by atoms with van der Waals surface area (Å²) >= 11 is 0. The molecule has 2 saturated heterocycles. The number of nitrogens with zero attached hydrogens (tertiary/aromatic N) is 3. The van der Waals surface area contributed by atoms with Crippen LogP contribution < -0.4 is 5.32 Å². The van der Waals surface area contributed by atoms with Crippen molar-refractivity contribution in [2.45, 2.75) is 33.1 Å². The quantitative estimate of drug-likeness (QED) is 0.752. The molecule has 0 spiro atoms. The standard InChI is InChI=1S/C20H38N4O/c1-16(2)20(25)21-13-17-11-18-14-24(15-19(18)12-17)6-4-5-23-9-7-22(3)8-10-23/h16-19H,4-15H2,1-3H3,(H,21,25). The lowest BCUT2D eigenvalue weighted by molar-refractivity contribution is -0.124. The minimum absolute atomic E-state index is 0.108. The summed E-state index contributed by atoms with van der Waals surface area (Å²) in [4.78, 5) is 19.5. The highest BCUT2D eigenvalue weighted by Gasteiger charge is 2.40. The number of nitrogens with one attached hydrogen (secondary N) is 1. The Balaban J connectivity index is 1.29. The topological polar surface area (TPSA) is 38.8 Å². The van der Waals surface area contributed by atoms with Crippen molar-refractivity contribution in [2.24, 2.45) is 23.7 Å². The predicted octanol–water partition coefficient (Wildman–Crippen LogP) is 1.35. The lowest BCUT2D eigenvalue weighted by Crippen LogP contribution is -2.45. The average Bonchev–Trinajstić information content (AvgIpc) is 3.12. The number of fused-ring (bicyclic) bond motifs is 1. The molecule has 25 heavy (non-hydrogen) atoms. The van der Waals surface area contributed by atoms with Gasteiger partial charge < -0.3 is 20.0 Å². The summed E-state index contributed by atoms with van der Waals surface area (Å²) in [6.45, 7) is 14.9. The van der Waals surface area contributed by atoms with Gasteiger partial charge in [-0.2, -0.15) is 0 Å². The van der Waals surface area contributed by atoms with E-state index in [4.69, 9.17) is 0 Å². The zero-order valence-corrected chi connectivity index (χ0v) is 16.5. The molecule has 0 aromatic carbocycles. The number of carbonyl (C=O) groups is 1. The van der Waals surface area contributed by atoms with Crippen LogP contribution in [0.3, 0.4) is 0 Å². The molecule has 1 amide bonds. The van der Waals surface area contributed by atoms with Gasteiger partial charge in [-0.25, -0.2) is 0 Å². The number of hydrogen-bond donors (Lipinski definition) is 1. The maximum Gasteiger partial charge on any atom is 0.222 e. The van der Waals surface area contributed by atoms with E-state index < -0.39 is 0 Å². The lowest BCUT2D eigenvalue weighted by Gasteiger charge is -2.32. The van der Waals surface area contributed by atoms with Gasteiger partial charge in [-0.3, -0.25) is 4.79 Å². The third-order valence-electron chi connectivity index (χ3n) is 6.56. The number of rotatable bonds is 7. The Bertz CT molecular complexity index is 419. The Morgan fingerprint density at radius 3 is 2.20 bits per heavy atom. The van der Waals surface area contributed by atoms with Crippen molar-refractivity contribution in [1.29, 1.82) is 0 Å². The lowest BCUT2D eigenvalue weighted by atomic mass is 10.0. The Kier molecular flexibility index (Phi) is 6.75. The summed E-state index contributed by atoms with van der Waals surface area (Å²) < 4.78 is 0. The van der Waals surface area contributed by atoms with Crippen LogP contribution in [0.2, 0.25) is 0 Å². The van der Waals surface area contributed by atoms with Gasteiger partial charge in [0.05, 0.1) is 0 Å². The first-order valence-corrected chi connectivity index (χ1v) is 10.4. The van der Waals surface area contributed by atoms with Crippen molar-refractivity contribution in [2.75, 3.05) is 66.0 Å². The number of carbonyl (C=O) groups excluding carboxylic acids is 1. The molecule has 0 aromatic heterocycles. The van der Waals surface area contributed by atoms with Crippen LogP contribution in [-0.4, -0.2) is 86.6 Å². The molecule has 2 aliphatic heterocycles. The Morgan fingerprint density at radius 1 is 1.00 bits per heavy atom. The third kappa shape index (κ3) is 5.41. The van der Waals surface area contributed by atoms with Gasteiger partial charge in [0.2, 0.25) is 5.91 Å². The molecule has 0 radical (unpaired) electrons. The molecule has 0 bridgehead atoms. The Hall–Kier alpha value is -0.650. The number of likely N-dealkylation sites (tertiary alicyclic amines) is 1. The van der Waals surface area contributed by atoms with E-state index in [1.54, 1.807) is 0 Å². The average molecular weight is 351 g/mol. The fourth-order valence-electron chi connectivity index (χ4n) is 4.91. The smallest absolute Gasteiger partial charge is 0.222 e. The fraction of sp³-hybridized carbons (Fsp3) is 0.950. The van der Waals surface area contributed by atoms with E-state index in [1.807, 2.05) is 13.8 Å². The van der Waals surface area contributed by atoms with Crippen molar-refractivity contribution in [1.82, 2.24) is 20.0 Å². The van der Waals surface area contributed by atoms with E-state index in [2.05, 4.69) is 27.1 Å². The van der Waals surface area contributed by atoms with Gasteiger partial charge in [-0.15, -0.1) is 0 Å². The summed E-state index contributed by atoms with van der Waals surface area (Å²) in [5.74, 6) is 2.79. The van der Waals surface area contributed by atoms with Gasteiger partial charge in [0.25, 0.3) is 0 Å². The SMILES string of the molecule is CC(C)C(=O)NCC1CC2CN(CCCN3CCN(C)CC3)CC2C1. The molecule has 2 unspecified atom stereocenters. The highest BCUT2D eigenvalue weighted by molar-refractivity contribution is 5.77. The molecule has 3 fully saturated rings. The van der Waals surface area contributed by atoms with Gasteiger partial charge in [-0.05, 0) is 57.2 Å². The molecule has 5 nitrogen and oxygen atoms in total. The highest BCUT2D eigenvalue weighted by atomic mass is 16.1. The molecule has 5 heteroatoms. The Labute approximate surface area is 154 Å². The predicted molar refractivity (Wildman–Crippen MR) is 103 cm³/mol. The van der Waals surface area contributed by atoms with E-state index in [-0.39, 0.29) is 11.8 Å². The minimum Gasteiger partial charge on any atom is -0.356 e. The maximum atomic E-state index is 11.7. The molecule has 1 N–H and O–H groups in total. The zero-order valence-electron chi connectivity index (χ0n) is 16.5. The molecule has 144 valence electrons. The van der Waals surface area contributed by atoms with Crippen LogP contribution >= 0.6 is 0 Å². The first kappa shape index (κ1) is 19.1. The number of amides is 1. The highest BCUT2D eigenvalue weighted by Crippen LogP contribution is 2.41. The number of likely N-dealkylation sites (N-methyl/N-ethyl adjacent to an activating group) is 1.